The fraction of sp³-hybridized carbons (Fsp3) is 0.600. The molecule has 0 aliphatic carbocycles. The molecule has 0 fully saturated rings. The maximum atomic E-state index is 10.8. The molecule has 0 saturated heterocycles. The molecule has 0 spiro atoms. The molecule has 18 heavy (non-hydrogen) atoms. The van der Waals surface area contributed by atoms with Gasteiger partial charge in [-0.1, -0.05) is 6.92 Å². The fourth-order valence-electron chi connectivity index (χ4n) is 1.32. The van der Waals surface area contributed by atoms with Crippen molar-refractivity contribution in [2.24, 2.45) is 0 Å². The Labute approximate surface area is 105 Å². The monoisotopic (exact) mass is 255 g/mol. The first kappa shape index (κ1) is 14.1. The number of hydrogen-bond acceptors (Lipinski definition) is 7. The summed E-state index contributed by atoms with van der Waals surface area (Å²) < 4.78 is 0. The van der Waals surface area contributed by atoms with Gasteiger partial charge in [0.15, 0.2) is 0 Å². The van der Waals surface area contributed by atoms with Gasteiger partial charge in [-0.15, -0.1) is 0 Å². The quantitative estimate of drug-likeness (QED) is 0.492. The topological polar surface area (TPSA) is 113 Å². The predicted octanol–water partition coefficient (Wildman–Crippen LogP) is 0.999. The van der Waals surface area contributed by atoms with E-state index in [4.69, 9.17) is 0 Å². The van der Waals surface area contributed by atoms with E-state index in [2.05, 4.69) is 20.6 Å². The van der Waals surface area contributed by atoms with Crippen LogP contribution in [-0.2, 0) is 0 Å². The smallest absolute Gasteiger partial charge is 0.329 e. The summed E-state index contributed by atoms with van der Waals surface area (Å²) in [4.78, 5) is 18.0. The summed E-state index contributed by atoms with van der Waals surface area (Å²) in [5, 5.41) is 25.7. The number of nitrogens with zero attached hydrogens (tertiary/aromatic N) is 3. The first-order valence-electron chi connectivity index (χ1n) is 5.69. The van der Waals surface area contributed by atoms with E-state index in [1.165, 1.54) is 0 Å². The third-order valence-electron chi connectivity index (χ3n) is 2.43. The largest absolute Gasteiger partial charge is 0.393 e. The lowest BCUT2D eigenvalue weighted by Gasteiger charge is -2.09. The first-order valence-corrected chi connectivity index (χ1v) is 5.69. The van der Waals surface area contributed by atoms with Crippen LogP contribution in [0.25, 0.3) is 0 Å². The molecule has 0 radical (unpaired) electrons. The Morgan fingerprint density at radius 2 is 2.33 bits per heavy atom. The van der Waals surface area contributed by atoms with Crippen LogP contribution in [0.15, 0.2) is 6.20 Å². The molecule has 0 bridgehead atoms. The Kier molecular flexibility index (Phi) is 5.25. The van der Waals surface area contributed by atoms with Gasteiger partial charge in [0.2, 0.25) is 11.8 Å². The maximum absolute atomic E-state index is 10.8. The second-order valence-electron chi connectivity index (χ2n) is 3.71. The van der Waals surface area contributed by atoms with Crippen LogP contribution in [0.3, 0.4) is 0 Å². The highest BCUT2D eigenvalue weighted by atomic mass is 16.6. The number of anilines is 2. The number of nitrogens with one attached hydrogen (secondary N) is 2. The van der Waals surface area contributed by atoms with Crippen molar-refractivity contribution in [3.05, 3.63) is 16.3 Å². The minimum Gasteiger partial charge on any atom is -0.393 e. The summed E-state index contributed by atoms with van der Waals surface area (Å²) in [7, 11) is 1.63. The average molecular weight is 255 g/mol. The van der Waals surface area contributed by atoms with Crippen molar-refractivity contribution in [2.45, 2.75) is 25.9 Å². The van der Waals surface area contributed by atoms with Crippen LogP contribution in [0.2, 0.25) is 0 Å². The molecule has 0 amide bonds. The molecule has 1 aromatic rings. The highest BCUT2D eigenvalue weighted by molar-refractivity contribution is 5.56. The first-order chi connectivity index (χ1) is 8.58. The minimum absolute atomic E-state index is 0.155. The van der Waals surface area contributed by atoms with Gasteiger partial charge in [-0.2, -0.15) is 4.98 Å². The molecule has 1 rings (SSSR count). The van der Waals surface area contributed by atoms with Crippen LogP contribution < -0.4 is 10.6 Å². The van der Waals surface area contributed by atoms with Crippen LogP contribution in [0.4, 0.5) is 17.5 Å². The summed E-state index contributed by atoms with van der Waals surface area (Å²) in [5.41, 5.74) is -0.181. The highest BCUT2D eigenvalue weighted by Gasteiger charge is 2.16. The molecule has 8 heteroatoms. The van der Waals surface area contributed by atoms with Crippen LogP contribution in [-0.4, -0.2) is 39.7 Å². The van der Waals surface area contributed by atoms with Gasteiger partial charge >= 0.3 is 5.69 Å². The van der Waals surface area contributed by atoms with Crippen molar-refractivity contribution in [3.63, 3.8) is 0 Å². The van der Waals surface area contributed by atoms with Crippen LogP contribution >= 0.6 is 0 Å². The Hall–Kier alpha value is -1.96. The number of rotatable bonds is 7. The van der Waals surface area contributed by atoms with Crippen LogP contribution in [0, 0.1) is 10.1 Å². The van der Waals surface area contributed by atoms with Gasteiger partial charge in [0, 0.05) is 13.6 Å². The van der Waals surface area contributed by atoms with E-state index in [1.54, 1.807) is 7.05 Å². The van der Waals surface area contributed by atoms with Gasteiger partial charge in [-0.05, 0) is 12.8 Å². The van der Waals surface area contributed by atoms with Crippen molar-refractivity contribution < 1.29 is 10.0 Å². The number of nitro groups is 1. The molecule has 8 nitrogen and oxygen atoms in total. The van der Waals surface area contributed by atoms with Gasteiger partial charge in [-0.3, -0.25) is 10.1 Å². The molecule has 100 valence electrons. The molecule has 1 unspecified atom stereocenters. The predicted molar refractivity (Wildman–Crippen MR) is 67.6 cm³/mol. The average Bonchev–Trinajstić information content (AvgIpc) is 2.37. The second kappa shape index (κ2) is 6.70. The number of aromatic nitrogens is 2. The van der Waals surface area contributed by atoms with E-state index in [9.17, 15) is 15.2 Å². The maximum Gasteiger partial charge on any atom is 0.329 e. The van der Waals surface area contributed by atoms with Crippen molar-refractivity contribution >= 4 is 17.5 Å². The molecule has 3 N–H and O–H groups in total. The Morgan fingerprint density at radius 1 is 1.61 bits per heavy atom. The third kappa shape index (κ3) is 3.81. The normalized spacial score (nSPS) is 11.9. The van der Waals surface area contributed by atoms with Gasteiger partial charge in [0.25, 0.3) is 0 Å². The second-order valence-corrected chi connectivity index (χ2v) is 3.71. The lowest BCUT2D eigenvalue weighted by Crippen LogP contribution is -2.14. The highest BCUT2D eigenvalue weighted by Crippen LogP contribution is 2.21. The lowest BCUT2D eigenvalue weighted by atomic mass is 10.2. The van der Waals surface area contributed by atoms with Gasteiger partial charge in [-0.25, -0.2) is 4.98 Å². The Balaban J connectivity index is 2.75. The molecule has 0 aliphatic rings. The third-order valence-corrected chi connectivity index (χ3v) is 2.43. The van der Waals surface area contributed by atoms with E-state index in [-0.39, 0.29) is 11.5 Å². The van der Waals surface area contributed by atoms with Crippen LogP contribution in [0.5, 0.6) is 0 Å². The van der Waals surface area contributed by atoms with Crippen LogP contribution in [0.1, 0.15) is 19.8 Å². The SMILES string of the molecule is CCC(O)CCNc1nc(NC)ncc1[N+](=O)[O-]. The zero-order valence-electron chi connectivity index (χ0n) is 10.4. The molecular formula is C10H17N5O3. The summed E-state index contributed by atoms with van der Waals surface area (Å²) in [5.74, 6) is 0.460. The number of hydrogen-bond donors (Lipinski definition) is 3. The van der Waals surface area contributed by atoms with E-state index < -0.39 is 11.0 Å². The Morgan fingerprint density at radius 3 is 2.89 bits per heavy atom. The van der Waals surface area contributed by atoms with Crippen molar-refractivity contribution in [1.29, 1.82) is 0 Å². The van der Waals surface area contributed by atoms with E-state index >= 15 is 0 Å². The zero-order valence-corrected chi connectivity index (χ0v) is 10.4. The van der Waals surface area contributed by atoms with E-state index in [0.717, 1.165) is 6.20 Å². The standard InChI is InChI=1S/C10H17N5O3/c1-3-7(16)4-5-12-9-8(15(17)18)6-13-10(11-2)14-9/h6-7,16H,3-5H2,1-2H3,(H2,11,12,13,14). The summed E-state index contributed by atoms with van der Waals surface area (Å²) in [6.45, 7) is 2.28. The van der Waals surface area contributed by atoms with Crippen molar-refractivity contribution in [3.8, 4) is 0 Å². The molecule has 0 saturated carbocycles. The number of aliphatic hydroxyl groups is 1. The van der Waals surface area contributed by atoms with E-state index in [0.29, 0.717) is 25.3 Å². The van der Waals surface area contributed by atoms with Crippen molar-refractivity contribution in [1.82, 2.24) is 9.97 Å². The molecule has 0 aliphatic heterocycles. The zero-order chi connectivity index (χ0) is 13.5. The molecule has 1 heterocycles. The van der Waals surface area contributed by atoms with Gasteiger partial charge in [0.05, 0.1) is 11.0 Å². The molecule has 1 atom stereocenters. The van der Waals surface area contributed by atoms with Gasteiger partial charge < -0.3 is 15.7 Å². The molecule has 0 aromatic carbocycles. The van der Waals surface area contributed by atoms with Crippen molar-refractivity contribution in [2.75, 3.05) is 24.2 Å². The molecular weight excluding hydrogens is 238 g/mol. The van der Waals surface area contributed by atoms with E-state index in [1.807, 2.05) is 6.92 Å². The fourth-order valence-corrected chi connectivity index (χ4v) is 1.32. The summed E-state index contributed by atoms with van der Waals surface area (Å²) in [6.07, 6.45) is 1.89. The number of aliphatic hydroxyl groups excluding tert-OH is 1. The van der Waals surface area contributed by atoms with Gasteiger partial charge in [0.1, 0.15) is 6.20 Å². The molecule has 1 aromatic heterocycles. The lowest BCUT2D eigenvalue weighted by molar-refractivity contribution is -0.384. The summed E-state index contributed by atoms with van der Waals surface area (Å²) in [6, 6.07) is 0. The summed E-state index contributed by atoms with van der Waals surface area (Å²) >= 11 is 0. The minimum atomic E-state index is -0.544. The Bertz CT molecular complexity index is 412.